The first-order valence-electron chi connectivity index (χ1n) is 12.9. The van der Waals surface area contributed by atoms with E-state index in [0.717, 1.165) is 16.7 Å². The number of carbonyl (C=O) groups excluding carboxylic acids is 2. The topological polar surface area (TPSA) is 71.1 Å². The molecule has 0 aliphatic heterocycles. The number of methoxy groups -OCH3 is 2. The number of esters is 2. The van der Waals surface area contributed by atoms with Crippen LogP contribution < -0.4 is 9.47 Å². The summed E-state index contributed by atoms with van der Waals surface area (Å²) in [5.74, 6) is -2.02. The molecule has 4 aromatic carbocycles. The molecule has 0 radical (unpaired) electrons. The highest BCUT2D eigenvalue weighted by atomic mass is 16.6. The van der Waals surface area contributed by atoms with Gasteiger partial charge in [0, 0.05) is 5.92 Å². The highest BCUT2D eigenvalue weighted by Crippen LogP contribution is 2.32. The van der Waals surface area contributed by atoms with E-state index in [1.165, 1.54) is 0 Å². The first-order valence-corrected chi connectivity index (χ1v) is 12.9. The third kappa shape index (κ3) is 7.84. The van der Waals surface area contributed by atoms with Gasteiger partial charge in [-0.25, -0.2) is 0 Å². The molecule has 6 nitrogen and oxygen atoms in total. The first kappa shape index (κ1) is 28.2. The van der Waals surface area contributed by atoms with E-state index < -0.39 is 23.8 Å². The molecule has 0 fully saturated rings. The molecule has 0 saturated heterocycles. The molecule has 0 amide bonds. The fourth-order valence-electron chi connectivity index (χ4n) is 4.25. The quantitative estimate of drug-likeness (QED) is 0.150. The summed E-state index contributed by atoms with van der Waals surface area (Å²) in [5, 5.41) is 0. The normalized spacial score (nSPS) is 11.7. The number of hydrogen-bond donors (Lipinski definition) is 0. The van der Waals surface area contributed by atoms with Crippen LogP contribution in [0.1, 0.15) is 28.2 Å². The lowest BCUT2D eigenvalue weighted by molar-refractivity contribution is -0.164. The number of ether oxygens (including phenoxy) is 4. The maximum Gasteiger partial charge on any atom is 0.321 e. The molecule has 0 aliphatic rings. The van der Waals surface area contributed by atoms with Crippen LogP contribution in [-0.4, -0.2) is 26.2 Å². The van der Waals surface area contributed by atoms with Gasteiger partial charge in [0.15, 0.2) is 5.92 Å². The molecule has 0 bridgehead atoms. The molecule has 1 unspecified atom stereocenters. The SMILES string of the molecule is COc1cccc(/C=C/C(c2cccc(OC)c2)C(C(=O)OCc2ccccc2)C(=O)OCc2ccccc2)c1. The second kappa shape index (κ2) is 14.4. The van der Waals surface area contributed by atoms with Crippen molar-refractivity contribution in [3.05, 3.63) is 138 Å². The zero-order valence-corrected chi connectivity index (χ0v) is 22.6. The van der Waals surface area contributed by atoms with Crippen molar-refractivity contribution in [2.75, 3.05) is 14.2 Å². The largest absolute Gasteiger partial charge is 0.497 e. The summed E-state index contributed by atoms with van der Waals surface area (Å²) in [6.45, 7) is 0.0686. The first-order chi connectivity index (χ1) is 19.6. The van der Waals surface area contributed by atoms with Crippen LogP contribution in [0, 0.1) is 5.92 Å². The molecular weight excluding hydrogens is 504 g/mol. The number of benzene rings is 4. The van der Waals surface area contributed by atoms with E-state index in [1.54, 1.807) is 14.2 Å². The molecule has 40 heavy (non-hydrogen) atoms. The molecule has 4 aromatic rings. The second-order valence-corrected chi connectivity index (χ2v) is 9.10. The second-order valence-electron chi connectivity index (χ2n) is 9.10. The van der Waals surface area contributed by atoms with Crippen molar-refractivity contribution in [3.8, 4) is 11.5 Å². The van der Waals surface area contributed by atoms with Crippen LogP contribution in [0.15, 0.2) is 115 Å². The van der Waals surface area contributed by atoms with Crippen molar-refractivity contribution in [1.82, 2.24) is 0 Å². The van der Waals surface area contributed by atoms with Gasteiger partial charge in [0.25, 0.3) is 0 Å². The van der Waals surface area contributed by atoms with Crippen LogP contribution >= 0.6 is 0 Å². The van der Waals surface area contributed by atoms with Crippen LogP contribution in [0.3, 0.4) is 0 Å². The predicted octanol–water partition coefficient (Wildman–Crippen LogP) is 6.60. The van der Waals surface area contributed by atoms with Gasteiger partial charge in [-0.2, -0.15) is 0 Å². The molecule has 204 valence electrons. The lowest BCUT2D eigenvalue weighted by atomic mass is 9.85. The molecular formula is C34H32O6. The van der Waals surface area contributed by atoms with Crippen LogP contribution in [0.4, 0.5) is 0 Å². The minimum absolute atomic E-state index is 0.0343. The Bertz CT molecular complexity index is 1360. The number of allylic oxidation sites excluding steroid dienone is 1. The van der Waals surface area contributed by atoms with Gasteiger partial charge in [0.1, 0.15) is 24.7 Å². The highest BCUT2D eigenvalue weighted by molar-refractivity contribution is 5.96. The van der Waals surface area contributed by atoms with Gasteiger partial charge in [-0.1, -0.05) is 97.1 Å². The van der Waals surface area contributed by atoms with Crippen LogP contribution in [-0.2, 0) is 32.3 Å². The number of hydrogen-bond acceptors (Lipinski definition) is 6. The zero-order chi connectivity index (χ0) is 28.2. The monoisotopic (exact) mass is 536 g/mol. The van der Waals surface area contributed by atoms with Crippen molar-refractivity contribution in [3.63, 3.8) is 0 Å². The van der Waals surface area contributed by atoms with Crippen molar-refractivity contribution in [2.24, 2.45) is 5.92 Å². The lowest BCUT2D eigenvalue weighted by Crippen LogP contribution is -2.32. The Morgan fingerprint density at radius 1 is 0.650 bits per heavy atom. The average molecular weight is 537 g/mol. The number of rotatable bonds is 12. The minimum atomic E-state index is -1.26. The van der Waals surface area contributed by atoms with E-state index in [1.807, 2.05) is 121 Å². The van der Waals surface area contributed by atoms with Crippen molar-refractivity contribution in [2.45, 2.75) is 19.1 Å². The molecule has 0 aliphatic carbocycles. The molecule has 0 saturated carbocycles. The van der Waals surface area contributed by atoms with Crippen molar-refractivity contribution < 1.29 is 28.5 Å². The van der Waals surface area contributed by atoms with Crippen LogP contribution in [0.2, 0.25) is 0 Å². The fourth-order valence-corrected chi connectivity index (χ4v) is 4.25. The summed E-state index contributed by atoms with van der Waals surface area (Å²) in [7, 11) is 3.17. The van der Waals surface area contributed by atoms with E-state index in [-0.39, 0.29) is 13.2 Å². The summed E-state index contributed by atoms with van der Waals surface area (Å²) >= 11 is 0. The summed E-state index contributed by atoms with van der Waals surface area (Å²) in [6, 6.07) is 33.5. The van der Waals surface area contributed by atoms with E-state index in [4.69, 9.17) is 18.9 Å². The summed E-state index contributed by atoms with van der Waals surface area (Å²) < 4.78 is 22.2. The predicted molar refractivity (Wildman–Crippen MR) is 154 cm³/mol. The Morgan fingerprint density at radius 3 is 1.73 bits per heavy atom. The van der Waals surface area contributed by atoms with E-state index in [9.17, 15) is 9.59 Å². The average Bonchev–Trinajstić information content (AvgIpc) is 3.01. The summed E-state index contributed by atoms with van der Waals surface area (Å²) in [4.78, 5) is 27.3. The summed E-state index contributed by atoms with van der Waals surface area (Å²) in [5.41, 5.74) is 3.19. The van der Waals surface area contributed by atoms with Crippen molar-refractivity contribution >= 4 is 18.0 Å². The van der Waals surface area contributed by atoms with Gasteiger partial charge in [0.05, 0.1) is 14.2 Å². The fraction of sp³-hybridized carbons (Fsp3) is 0.176. The molecule has 6 heteroatoms. The Hall–Kier alpha value is -4.84. The lowest BCUT2D eigenvalue weighted by Gasteiger charge is -2.23. The Kier molecular flexibility index (Phi) is 10.1. The Labute approximate surface area is 234 Å². The molecule has 4 rings (SSSR count). The van der Waals surface area contributed by atoms with E-state index in [0.29, 0.717) is 17.1 Å². The third-order valence-electron chi connectivity index (χ3n) is 6.38. The van der Waals surface area contributed by atoms with Gasteiger partial charge in [-0.05, 0) is 46.5 Å². The molecule has 0 N–H and O–H groups in total. The van der Waals surface area contributed by atoms with E-state index in [2.05, 4.69) is 0 Å². The Morgan fingerprint density at radius 2 is 1.18 bits per heavy atom. The maximum atomic E-state index is 13.6. The van der Waals surface area contributed by atoms with E-state index >= 15 is 0 Å². The van der Waals surface area contributed by atoms with Crippen LogP contribution in [0.5, 0.6) is 11.5 Å². The van der Waals surface area contributed by atoms with Gasteiger partial charge < -0.3 is 18.9 Å². The molecule has 0 heterocycles. The zero-order valence-electron chi connectivity index (χ0n) is 22.6. The number of carbonyl (C=O) groups is 2. The minimum Gasteiger partial charge on any atom is -0.497 e. The standard InChI is InChI=1S/C34H32O6/c1-37-29-17-9-15-25(21-29)19-20-31(28-16-10-18-30(22-28)38-2)32(33(35)39-23-26-11-5-3-6-12-26)34(36)40-24-27-13-7-4-8-14-27/h3-22,31-32H,23-24H2,1-2H3/b20-19+. The maximum absolute atomic E-state index is 13.6. The molecule has 0 aromatic heterocycles. The Balaban J connectivity index is 1.69. The van der Waals surface area contributed by atoms with Gasteiger partial charge in [0.2, 0.25) is 0 Å². The smallest absolute Gasteiger partial charge is 0.321 e. The van der Waals surface area contributed by atoms with Crippen LogP contribution in [0.25, 0.3) is 6.08 Å². The van der Waals surface area contributed by atoms with Gasteiger partial charge in [-0.15, -0.1) is 0 Å². The van der Waals surface area contributed by atoms with Crippen molar-refractivity contribution in [1.29, 1.82) is 0 Å². The molecule has 1 atom stereocenters. The van der Waals surface area contributed by atoms with Gasteiger partial charge >= 0.3 is 11.9 Å². The highest BCUT2D eigenvalue weighted by Gasteiger charge is 2.38. The molecule has 0 spiro atoms. The van der Waals surface area contributed by atoms with Gasteiger partial charge in [-0.3, -0.25) is 9.59 Å². The summed E-state index contributed by atoms with van der Waals surface area (Å²) in [6.07, 6.45) is 3.68. The third-order valence-corrected chi connectivity index (χ3v) is 6.38.